The summed E-state index contributed by atoms with van der Waals surface area (Å²) in [6.45, 7) is 8.55. The third-order valence-corrected chi connectivity index (χ3v) is 6.70. The van der Waals surface area contributed by atoms with Crippen LogP contribution in [-0.2, 0) is 10.8 Å². The van der Waals surface area contributed by atoms with Gasteiger partial charge in [0.1, 0.15) is 11.5 Å². The number of phenols is 1. The smallest absolute Gasteiger partial charge is 0.417 e. The lowest BCUT2D eigenvalue weighted by atomic mass is 9.78. The second-order valence-electron chi connectivity index (χ2n) is 9.78. The van der Waals surface area contributed by atoms with Crippen LogP contribution in [0.25, 0.3) is 0 Å². The van der Waals surface area contributed by atoms with Gasteiger partial charge in [-0.2, -0.15) is 0 Å². The molecular formula is C31H31NO3. The standard InChI is InChI=1S/C31H31NO3/c1-30(2,22-9-6-5-7-10-22)24-15-19-28(20-16-24)35-29(34)32-26-17-13-23(14-18-26)31(3,4)25-11-8-12-27(33)21-25/h5-21,33H,1-4H3,(H,32,34). The SMILES string of the molecule is CC(C)(c1ccccc1)c1ccc(OC(=O)Nc2ccc(C(C)(C)c3cccc(O)c3)cc2)cc1. The van der Waals surface area contributed by atoms with Crippen LogP contribution in [0.5, 0.6) is 11.5 Å². The van der Waals surface area contributed by atoms with Crippen molar-refractivity contribution in [2.75, 3.05) is 5.32 Å². The van der Waals surface area contributed by atoms with E-state index in [9.17, 15) is 9.90 Å². The highest BCUT2D eigenvalue weighted by atomic mass is 16.6. The highest BCUT2D eigenvalue weighted by molar-refractivity contribution is 5.86. The highest BCUT2D eigenvalue weighted by Gasteiger charge is 2.24. The summed E-state index contributed by atoms with van der Waals surface area (Å²) in [5.41, 5.74) is 4.63. The molecule has 4 nitrogen and oxygen atoms in total. The lowest BCUT2D eigenvalue weighted by Crippen LogP contribution is -2.20. The fourth-order valence-electron chi connectivity index (χ4n) is 4.24. The average Bonchev–Trinajstić information content (AvgIpc) is 2.85. The predicted octanol–water partition coefficient (Wildman–Crippen LogP) is 7.65. The molecule has 0 fully saturated rings. The Balaban J connectivity index is 1.40. The van der Waals surface area contributed by atoms with Gasteiger partial charge in [0.2, 0.25) is 0 Å². The summed E-state index contributed by atoms with van der Waals surface area (Å²) in [7, 11) is 0. The molecule has 0 radical (unpaired) electrons. The molecule has 4 aromatic rings. The first-order chi connectivity index (χ1) is 16.7. The van der Waals surface area contributed by atoms with E-state index >= 15 is 0 Å². The zero-order chi connectivity index (χ0) is 25.1. The van der Waals surface area contributed by atoms with Crippen molar-refractivity contribution >= 4 is 11.8 Å². The van der Waals surface area contributed by atoms with Crippen molar-refractivity contribution < 1.29 is 14.6 Å². The van der Waals surface area contributed by atoms with Crippen molar-refractivity contribution in [1.82, 2.24) is 0 Å². The largest absolute Gasteiger partial charge is 0.508 e. The van der Waals surface area contributed by atoms with Gasteiger partial charge in [0.05, 0.1) is 0 Å². The van der Waals surface area contributed by atoms with Crippen LogP contribution in [0.1, 0.15) is 49.9 Å². The second-order valence-corrected chi connectivity index (χ2v) is 9.78. The number of hydrogen-bond acceptors (Lipinski definition) is 3. The number of phenolic OH excluding ortho intramolecular Hbond substituents is 1. The molecular weight excluding hydrogens is 434 g/mol. The molecule has 0 atom stereocenters. The Hall–Kier alpha value is -4.05. The zero-order valence-corrected chi connectivity index (χ0v) is 20.6. The molecule has 35 heavy (non-hydrogen) atoms. The summed E-state index contributed by atoms with van der Waals surface area (Å²) < 4.78 is 5.49. The number of ether oxygens (including phenoxy) is 1. The maximum atomic E-state index is 12.5. The van der Waals surface area contributed by atoms with Gasteiger partial charge in [-0.25, -0.2) is 4.79 Å². The van der Waals surface area contributed by atoms with Gasteiger partial charge in [0, 0.05) is 16.5 Å². The number of anilines is 1. The van der Waals surface area contributed by atoms with E-state index in [0.717, 1.165) is 16.7 Å². The van der Waals surface area contributed by atoms with E-state index in [0.29, 0.717) is 11.4 Å². The molecule has 0 aliphatic heterocycles. The second kappa shape index (κ2) is 9.67. The van der Waals surface area contributed by atoms with Crippen molar-refractivity contribution in [3.63, 3.8) is 0 Å². The molecule has 4 heteroatoms. The monoisotopic (exact) mass is 465 g/mol. The molecule has 4 rings (SSSR count). The molecule has 1 amide bonds. The van der Waals surface area contributed by atoms with Gasteiger partial charge in [-0.05, 0) is 58.7 Å². The molecule has 0 spiro atoms. The first kappa shape index (κ1) is 24.1. The first-order valence-corrected chi connectivity index (χ1v) is 11.7. The zero-order valence-electron chi connectivity index (χ0n) is 20.6. The van der Waals surface area contributed by atoms with E-state index in [2.05, 4.69) is 45.1 Å². The summed E-state index contributed by atoms with van der Waals surface area (Å²) >= 11 is 0. The van der Waals surface area contributed by atoms with Crippen LogP contribution >= 0.6 is 0 Å². The fraction of sp³-hybridized carbons (Fsp3) is 0.194. The van der Waals surface area contributed by atoms with Crippen molar-refractivity contribution in [2.24, 2.45) is 0 Å². The number of nitrogens with one attached hydrogen (secondary N) is 1. The Morgan fingerprint density at radius 3 is 1.77 bits per heavy atom. The van der Waals surface area contributed by atoms with Crippen LogP contribution in [0.15, 0.2) is 103 Å². The van der Waals surface area contributed by atoms with Gasteiger partial charge in [0.25, 0.3) is 0 Å². The van der Waals surface area contributed by atoms with E-state index in [-0.39, 0.29) is 16.6 Å². The van der Waals surface area contributed by atoms with Crippen molar-refractivity contribution in [3.05, 3.63) is 125 Å². The Bertz CT molecular complexity index is 1290. The van der Waals surface area contributed by atoms with E-state index < -0.39 is 6.09 Å². The van der Waals surface area contributed by atoms with Crippen molar-refractivity contribution in [3.8, 4) is 11.5 Å². The minimum Gasteiger partial charge on any atom is -0.508 e. The van der Waals surface area contributed by atoms with Crippen LogP contribution in [-0.4, -0.2) is 11.2 Å². The summed E-state index contributed by atoms with van der Waals surface area (Å²) in [4.78, 5) is 12.5. The van der Waals surface area contributed by atoms with Crippen molar-refractivity contribution in [2.45, 2.75) is 38.5 Å². The van der Waals surface area contributed by atoms with Gasteiger partial charge in [0.15, 0.2) is 0 Å². The Labute approximate surface area is 207 Å². The van der Waals surface area contributed by atoms with Crippen LogP contribution in [0.4, 0.5) is 10.5 Å². The van der Waals surface area contributed by atoms with Crippen LogP contribution in [0, 0.1) is 0 Å². The summed E-state index contributed by atoms with van der Waals surface area (Å²) in [6.07, 6.45) is -0.542. The number of aromatic hydroxyl groups is 1. The molecule has 0 aliphatic rings. The van der Waals surface area contributed by atoms with Gasteiger partial charge >= 0.3 is 6.09 Å². The quantitative estimate of drug-likeness (QED) is 0.307. The van der Waals surface area contributed by atoms with Gasteiger partial charge in [-0.15, -0.1) is 0 Å². The Morgan fingerprint density at radius 2 is 1.17 bits per heavy atom. The maximum absolute atomic E-state index is 12.5. The maximum Gasteiger partial charge on any atom is 0.417 e. The third-order valence-electron chi connectivity index (χ3n) is 6.70. The lowest BCUT2D eigenvalue weighted by molar-refractivity contribution is 0.215. The predicted molar refractivity (Wildman–Crippen MR) is 141 cm³/mol. The topological polar surface area (TPSA) is 58.6 Å². The van der Waals surface area contributed by atoms with E-state index in [1.54, 1.807) is 12.1 Å². The molecule has 2 N–H and O–H groups in total. The Morgan fingerprint density at radius 1 is 0.657 bits per heavy atom. The molecule has 0 aliphatic carbocycles. The minimum absolute atomic E-state index is 0.157. The average molecular weight is 466 g/mol. The fourth-order valence-corrected chi connectivity index (χ4v) is 4.24. The summed E-state index contributed by atoms with van der Waals surface area (Å²) in [6, 6.07) is 32.9. The van der Waals surface area contributed by atoms with Crippen LogP contribution in [0.3, 0.4) is 0 Å². The molecule has 0 heterocycles. The Kier molecular flexibility index (Phi) is 6.65. The molecule has 0 bridgehead atoms. The molecule has 0 unspecified atom stereocenters. The van der Waals surface area contributed by atoms with E-state index in [4.69, 9.17) is 4.74 Å². The normalized spacial score (nSPS) is 11.7. The minimum atomic E-state index is -0.542. The van der Waals surface area contributed by atoms with Gasteiger partial charge in [-0.3, -0.25) is 5.32 Å². The number of rotatable bonds is 6. The third kappa shape index (κ3) is 5.38. The number of carbonyl (C=O) groups is 1. The lowest BCUT2D eigenvalue weighted by Gasteiger charge is -2.26. The van der Waals surface area contributed by atoms with Crippen LogP contribution in [0.2, 0.25) is 0 Å². The highest BCUT2D eigenvalue weighted by Crippen LogP contribution is 2.34. The molecule has 0 saturated carbocycles. The number of hydrogen-bond donors (Lipinski definition) is 2. The van der Waals surface area contributed by atoms with Crippen LogP contribution < -0.4 is 10.1 Å². The summed E-state index contributed by atoms with van der Waals surface area (Å²) in [5.74, 6) is 0.727. The first-order valence-electron chi connectivity index (χ1n) is 11.7. The number of benzene rings is 4. The van der Waals surface area contributed by atoms with Gasteiger partial charge in [-0.1, -0.05) is 94.4 Å². The van der Waals surface area contributed by atoms with E-state index in [1.807, 2.05) is 78.9 Å². The van der Waals surface area contributed by atoms with E-state index in [1.165, 1.54) is 5.56 Å². The van der Waals surface area contributed by atoms with Crippen molar-refractivity contribution in [1.29, 1.82) is 0 Å². The molecule has 178 valence electrons. The molecule has 0 saturated heterocycles. The molecule has 0 aromatic heterocycles. The summed E-state index contributed by atoms with van der Waals surface area (Å²) in [5, 5.41) is 12.6. The van der Waals surface area contributed by atoms with Gasteiger partial charge < -0.3 is 9.84 Å². The number of carbonyl (C=O) groups excluding carboxylic acids is 1. The number of amides is 1. The molecule has 4 aromatic carbocycles.